The molecule has 0 aliphatic rings. The van der Waals surface area contributed by atoms with Gasteiger partial charge in [-0.05, 0) is 18.6 Å². The van der Waals surface area contributed by atoms with Crippen molar-refractivity contribution in [3.05, 3.63) is 43.1 Å². The summed E-state index contributed by atoms with van der Waals surface area (Å²) < 4.78 is 6.95. The molecule has 0 saturated heterocycles. The molecular weight excluding hydrogens is 212 g/mol. The molecule has 0 radical (unpaired) electrons. The Bertz CT molecular complexity index is 389. The SMILES string of the molecule is C=C/C=C(\C=C)n1nc(CC)cc1OC.CC. The number of aryl methyl sites for hydroxylation is 1. The lowest BCUT2D eigenvalue weighted by Crippen LogP contribution is -2.00. The Morgan fingerprint density at radius 2 is 2.12 bits per heavy atom. The van der Waals surface area contributed by atoms with Crippen LogP contribution < -0.4 is 4.74 Å². The topological polar surface area (TPSA) is 27.1 Å². The lowest BCUT2D eigenvalue weighted by molar-refractivity contribution is 0.385. The van der Waals surface area contributed by atoms with Gasteiger partial charge in [-0.2, -0.15) is 5.10 Å². The second kappa shape index (κ2) is 8.39. The number of ether oxygens (including phenoxy) is 1. The van der Waals surface area contributed by atoms with Crippen LogP contribution in [0.25, 0.3) is 5.70 Å². The molecule has 3 nitrogen and oxygen atoms in total. The van der Waals surface area contributed by atoms with Crippen molar-refractivity contribution >= 4 is 5.70 Å². The van der Waals surface area contributed by atoms with Gasteiger partial charge in [-0.3, -0.25) is 0 Å². The second-order valence-electron chi connectivity index (χ2n) is 2.97. The minimum absolute atomic E-state index is 0.708. The van der Waals surface area contributed by atoms with Crippen LogP contribution in [0.15, 0.2) is 37.5 Å². The summed E-state index contributed by atoms with van der Waals surface area (Å²) in [6.07, 6.45) is 6.13. The molecule has 0 bridgehead atoms. The Balaban J connectivity index is 0.00000121. The number of hydrogen-bond donors (Lipinski definition) is 0. The molecule has 0 amide bonds. The predicted molar refractivity (Wildman–Crippen MR) is 74.2 cm³/mol. The number of hydrogen-bond acceptors (Lipinski definition) is 2. The molecule has 0 unspecified atom stereocenters. The fraction of sp³-hybridized carbons (Fsp3) is 0.357. The van der Waals surface area contributed by atoms with Crippen molar-refractivity contribution in [2.75, 3.05) is 7.11 Å². The Morgan fingerprint density at radius 3 is 2.53 bits per heavy atom. The summed E-state index contributed by atoms with van der Waals surface area (Å²) >= 11 is 0. The number of methoxy groups -OCH3 is 1. The van der Waals surface area contributed by atoms with E-state index in [0.29, 0.717) is 5.88 Å². The van der Waals surface area contributed by atoms with Crippen LogP contribution in [0.2, 0.25) is 0 Å². The molecule has 0 spiro atoms. The van der Waals surface area contributed by atoms with Crippen LogP contribution in [0.3, 0.4) is 0 Å². The van der Waals surface area contributed by atoms with Crippen molar-refractivity contribution < 1.29 is 4.74 Å². The van der Waals surface area contributed by atoms with Gasteiger partial charge in [0.05, 0.1) is 18.5 Å². The highest BCUT2D eigenvalue weighted by molar-refractivity contribution is 5.59. The third kappa shape index (κ3) is 3.94. The van der Waals surface area contributed by atoms with Gasteiger partial charge in [-0.15, -0.1) is 0 Å². The summed E-state index contributed by atoms with van der Waals surface area (Å²) in [4.78, 5) is 0. The van der Waals surface area contributed by atoms with Gasteiger partial charge in [0.25, 0.3) is 0 Å². The Labute approximate surface area is 104 Å². The lowest BCUT2D eigenvalue weighted by atomic mass is 10.3. The third-order valence-electron chi connectivity index (χ3n) is 2.04. The summed E-state index contributed by atoms with van der Waals surface area (Å²) in [5, 5.41) is 4.39. The van der Waals surface area contributed by atoms with Crippen LogP contribution in [-0.2, 0) is 6.42 Å². The maximum Gasteiger partial charge on any atom is 0.216 e. The first-order chi connectivity index (χ1) is 8.26. The minimum atomic E-state index is 0.708. The Hall–Kier alpha value is -1.77. The van der Waals surface area contributed by atoms with Crippen LogP contribution in [-0.4, -0.2) is 16.9 Å². The molecule has 0 N–H and O–H groups in total. The molecule has 3 heteroatoms. The normalized spacial score (nSPS) is 10.2. The van der Waals surface area contributed by atoms with Gasteiger partial charge in [-0.1, -0.05) is 40.0 Å². The van der Waals surface area contributed by atoms with Crippen LogP contribution in [0.5, 0.6) is 5.88 Å². The van der Waals surface area contributed by atoms with E-state index in [9.17, 15) is 0 Å². The van der Waals surface area contributed by atoms with Crippen molar-refractivity contribution in [2.45, 2.75) is 27.2 Å². The second-order valence-corrected chi connectivity index (χ2v) is 2.97. The van der Waals surface area contributed by atoms with E-state index in [1.807, 2.05) is 26.0 Å². The molecule has 17 heavy (non-hydrogen) atoms. The molecule has 0 fully saturated rings. The Morgan fingerprint density at radius 1 is 1.47 bits per heavy atom. The van der Waals surface area contributed by atoms with E-state index >= 15 is 0 Å². The fourth-order valence-corrected chi connectivity index (χ4v) is 1.26. The standard InChI is InChI=1S/C12H16N2O.C2H6/c1-5-8-11(7-3)14-12(15-4)9-10(6-2)13-14;1-2/h5,7-9H,1,3,6H2,2,4H3;1-2H3/b11-8+;. The first kappa shape index (κ1) is 15.2. The van der Waals surface area contributed by atoms with Gasteiger partial charge in [0, 0.05) is 6.07 Å². The molecule has 94 valence electrons. The van der Waals surface area contributed by atoms with Crippen molar-refractivity contribution in [2.24, 2.45) is 0 Å². The van der Waals surface area contributed by atoms with Gasteiger partial charge in [0.15, 0.2) is 0 Å². The van der Waals surface area contributed by atoms with Crippen LogP contribution in [0.1, 0.15) is 26.5 Å². The van der Waals surface area contributed by atoms with E-state index < -0.39 is 0 Å². The van der Waals surface area contributed by atoms with Crippen LogP contribution in [0.4, 0.5) is 0 Å². The number of rotatable bonds is 5. The summed E-state index contributed by atoms with van der Waals surface area (Å²) in [5.74, 6) is 0.708. The predicted octanol–water partition coefficient (Wildman–Crippen LogP) is 3.69. The molecule has 0 aliphatic carbocycles. The van der Waals surface area contributed by atoms with E-state index in [-0.39, 0.29) is 0 Å². The van der Waals surface area contributed by atoms with Crippen molar-refractivity contribution in [3.8, 4) is 5.88 Å². The molecule has 0 aliphatic heterocycles. The highest BCUT2D eigenvalue weighted by Crippen LogP contribution is 2.19. The van der Waals surface area contributed by atoms with Crippen molar-refractivity contribution in [3.63, 3.8) is 0 Å². The van der Waals surface area contributed by atoms with Gasteiger partial charge >= 0.3 is 0 Å². The largest absolute Gasteiger partial charge is 0.481 e. The minimum Gasteiger partial charge on any atom is -0.481 e. The monoisotopic (exact) mass is 234 g/mol. The lowest BCUT2D eigenvalue weighted by Gasteiger charge is -2.05. The van der Waals surface area contributed by atoms with Crippen LogP contribution >= 0.6 is 0 Å². The van der Waals surface area contributed by atoms with Crippen LogP contribution in [0, 0.1) is 0 Å². The van der Waals surface area contributed by atoms with E-state index in [4.69, 9.17) is 4.74 Å². The maximum atomic E-state index is 5.23. The zero-order valence-corrected chi connectivity index (χ0v) is 11.2. The summed E-state index contributed by atoms with van der Waals surface area (Å²) in [6, 6.07) is 1.92. The zero-order valence-electron chi connectivity index (χ0n) is 11.2. The quantitative estimate of drug-likeness (QED) is 0.726. The average Bonchev–Trinajstić information content (AvgIpc) is 2.81. The fourth-order valence-electron chi connectivity index (χ4n) is 1.26. The number of nitrogens with zero attached hydrogens (tertiary/aromatic N) is 2. The molecular formula is C14H22N2O. The third-order valence-corrected chi connectivity index (χ3v) is 2.04. The molecule has 1 rings (SSSR count). The van der Waals surface area contributed by atoms with Gasteiger partial charge in [0.1, 0.15) is 0 Å². The smallest absolute Gasteiger partial charge is 0.216 e. The molecule has 0 atom stereocenters. The molecule has 0 saturated carbocycles. The summed E-state index contributed by atoms with van der Waals surface area (Å²) in [5.41, 5.74) is 1.84. The van der Waals surface area contributed by atoms with Gasteiger partial charge in [0.2, 0.25) is 5.88 Å². The maximum absolute atomic E-state index is 5.23. The van der Waals surface area contributed by atoms with Crippen molar-refractivity contribution in [1.29, 1.82) is 0 Å². The zero-order chi connectivity index (χ0) is 13.3. The summed E-state index contributed by atoms with van der Waals surface area (Å²) in [7, 11) is 1.63. The molecule has 0 aromatic carbocycles. The number of aromatic nitrogens is 2. The number of allylic oxidation sites excluding steroid dienone is 4. The Kier molecular flexibility index (Phi) is 7.52. The average molecular weight is 234 g/mol. The van der Waals surface area contributed by atoms with E-state index in [1.165, 1.54) is 0 Å². The van der Waals surface area contributed by atoms with Gasteiger partial charge in [-0.25, -0.2) is 4.68 Å². The van der Waals surface area contributed by atoms with Gasteiger partial charge < -0.3 is 4.74 Å². The highest BCUT2D eigenvalue weighted by Gasteiger charge is 2.08. The molecule has 1 heterocycles. The molecule has 1 aromatic rings. The van der Waals surface area contributed by atoms with E-state index in [0.717, 1.165) is 17.8 Å². The van der Waals surface area contributed by atoms with Crippen molar-refractivity contribution in [1.82, 2.24) is 9.78 Å². The summed E-state index contributed by atoms with van der Waals surface area (Å²) in [6.45, 7) is 13.4. The first-order valence-corrected chi connectivity index (χ1v) is 5.85. The highest BCUT2D eigenvalue weighted by atomic mass is 16.5. The first-order valence-electron chi connectivity index (χ1n) is 5.85. The van der Waals surface area contributed by atoms with E-state index in [2.05, 4.69) is 25.2 Å². The van der Waals surface area contributed by atoms with E-state index in [1.54, 1.807) is 23.9 Å². The molecule has 1 aromatic heterocycles.